The van der Waals surface area contributed by atoms with Crippen LogP contribution in [-0.2, 0) is 0 Å². The Morgan fingerprint density at radius 3 is 2.38 bits per heavy atom. The second kappa shape index (κ2) is 5.87. The second-order valence-electron chi connectivity index (χ2n) is 4.89. The highest BCUT2D eigenvalue weighted by molar-refractivity contribution is 5.98. The van der Waals surface area contributed by atoms with Gasteiger partial charge in [-0.2, -0.15) is 0 Å². The first-order chi connectivity index (χ1) is 9.99. The predicted molar refractivity (Wildman–Crippen MR) is 77.6 cm³/mol. The van der Waals surface area contributed by atoms with Gasteiger partial charge >= 0.3 is 0 Å². The van der Waals surface area contributed by atoms with Crippen molar-refractivity contribution in [2.75, 3.05) is 14.2 Å². The molecule has 0 unspecified atom stereocenters. The van der Waals surface area contributed by atoms with Crippen LogP contribution in [0.15, 0.2) is 22.9 Å². The Labute approximate surface area is 122 Å². The van der Waals surface area contributed by atoms with Crippen molar-refractivity contribution in [2.45, 2.75) is 19.8 Å². The molecule has 6 heteroatoms. The summed E-state index contributed by atoms with van der Waals surface area (Å²) in [7, 11) is 3.15. The van der Waals surface area contributed by atoms with Crippen LogP contribution in [0.4, 0.5) is 0 Å². The average Bonchev–Trinajstić information content (AvgIpc) is 2.94. The first-order valence-electron chi connectivity index (χ1n) is 6.50. The lowest BCUT2D eigenvalue weighted by atomic mass is 9.95. The third-order valence-electron chi connectivity index (χ3n) is 3.27. The first-order valence-corrected chi connectivity index (χ1v) is 6.50. The zero-order valence-corrected chi connectivity index (χ0v) is 12.5. The molecule has 0 spiro atoms. The number of primary amides is 1. The van der Waals surface area contributed by atoms with Crippen molar-refractivity contribution in [3.8, 4) is 22.6 Å². The molecule has 6 nitrogen and oxygen atoms in total. The van der Waals surface area contributed by atoms with Crippen LogP contribution in [0.1, 0.15) is 35.8 Å². The summed E-state index contributed by atoms with van der Waals surface area (Å²) in [6, 6.07) is 3.68. The fraction of sp³-hybridized carbons (Fsp3) is 0.333. The Balaban J connectivity index is 2.69. The van der Waals surface area contributed by atoms with Gasteiger partial charge in [0.05, 0.1) is 19.8 Å². The molecule has 2 rings (SSSR count). The van der Waals surface area contributed by atoms with E-state index < -0.39 is 5.91 Å². The van der Waals surface area contributed by atoms with E-state index in [-0.39, 0.29) is 11.6 Å². The van der Waals surface area contributed by atoms with Crippen LogP contribution in [0.5, 0.6) is 11.5 Å². The summed E-state index contributed by atoms with van der Waals surface area (Å²) in [5, 5.41) is 3.65. The number of carbonyl (C=O) groups is 1. The normalized spacial score (nSPS) is 10.7. The minimum atomic E-state index is -0.650. The molecular weight excluding hydrogens is 272 g/mol. The number of nitrogens with zero attached hydrogens (tertiary/aromatic N) is 1. The molecule has 2 aromatic rings. The van der Waals surface area contributed by atoms with Gasteiger partial charge in [-0.15, -0.1) is 0 Å². The van der Waals surface area contributed by atoms with Crippen molar-refractivity contribution in [2.24, 2.45) is 5.73 Å². The quantitative estimate of drug-likeness (QED) is 0.914. The fourth-order valence-electron chi connectivity index (χ4n) is 2.19. The van der Waals surface area contributed by atoms with E-state index >= 15 is 0 Å². The number of ether oxygens (including phenoxy) is 2. The molecule has 0 aliphatic carbocycles. The Morgan fingerprint density at radius 1 is 1.19 bits per heavy atom. The van der Waals surface area contributed by atoms with E-state index in [1.165, 1.54) is 6.26 Å². The maximum absolute atomic E-state index is 11.4. The van der Waals surface area contributed by atoms with Crippen LogP contribution < -0.4 is 15.2 Å². The van der Waals surface area contributed by atoms with Crippen molar-refractivity contribution in [1.82, 2.24) is 5.16 Å². The van der Waals surface area contributed by atoms with Gasteiger partial charge in [0.15, 0.2) is 5.69 Å². The van der Waals surface area contributed by atoms with Gasteiger partial charge in [-0.25, -0.2) is 0 Å². The lowest BCUT2D eigenvalue weighted by molar-refractivity contribution is 0.0992. The predicted octanol–water partition coefficient (Wildman–Crippen LogP) is 2.58. The summed E-state index contributed by atoms with van der Waals surface area (Å²) in [6.07, 6.45) is 1.38. The minimum absolute atomic E-state index is 0.0770. The summed E-state index contributed by atoms with van der Waals surface area (Å²) in [4.78, 5) is 11.4. The fourth-order valence-corrected chi connectivity index (χ4v) is 2.19. The average molecular weight is 290 g/mol. The van der Waals surface area contributed by atoms with Crippen molar-refractivity contribution in [3.05, 3.63) is 29.7 Å². The SMILES string of the molecule is COc1cc(OC)c(C(C)C)cc1-c1conc1C(N)=O. The van der Waals surface area contributed by atoms with Gasteiger partial charge in [-0.3, -0.25) is 4.79 Å². The van der Waals surface area contributed by atoms with Gasteiger partial charge in [0.25, 0.3) is 5.91 Å². The minimum Gasteiger partial charge on any atom is -0.496 e. The summed E-state index contributed by atoms with van der Waals surface area (Å²) >= 11 is 0. The molecule has 0 fully saturated rings. The smallest absolute Gasteiger partial charge is 0.271 e. The number of nitrogens with two attached hydrogens (primary N) is 1. The molecule has 0 bridgehead atoms. The topological polar surface area (TPSA) is 87.6 Å². The number of aromatic nitrogens is 1. The number of benzene rings is 1. The van der Waals surface area contributed by atoms with Crippen LogP contribution in [0, 0.1) is 0 Å². The van der Waals surface area contributed by atoms with Gasteiger partial charge in [-0.05, 0) is 17.5 Å². The van der Waals surface area contributed by atoms with Crippen LogP contribution in [0.25, 0.3) is 11.1 Å². The molecule has 112 valence electrons. The first kappa shape index (κ1) is 14.9. The van der Waals surface area contributed by atoms with Crippen LogP contribution in [-0.4, -0.2) is 25.3 Å². The standard InChI is InChI=1S/C15H18N2O4/c1-8(2)9-5-10(13(20-4)6-12(9)19-3)11-7-21-17-14(11)15(16)18/h5-8H,1-4H3,(H2,16,18). The van der Waals surface area contributed by atoms with Gasteiger partial charge in [-0.1, -0.05) is 19.0 Å². The maximum Gasteiger partial charge on any atom is 0.271 e. The summed E-state index contributed by atoms with van der Waals surface area (Å²) in [5.41, 5.74) is 7.58. The van der Waals surface area contributed by atoms with E-state index in [1.54, 1.807) is 20.3 Å². The third-order valence-corrected chi connectivity index (χ3v) is 3.27. The zero-order valence-electron chi connectivity index (χ0n) is 12.5. The lowest BCUT2D eigenvalue weighted by Gasteiger charge is -2.16. The van der Waals surface area contributed by atoms with Crippen LogP contribution in [0.3, 0.4) is 0 Å². The van der Waals surface area contributed by atoms with Gasteiger partial charge in [0, 0.05) is 11.6 Å². The number of hydrogen-bond acceptors (Lipinski definition) is 5. The summed E-state index contributed by atoms with van der Waals surface area (Å²) < 4.78 is 15.6. The van der Waals surface area contributed by atoms with Crippen molar-refractivity contribution in [1.29, 1.82) is 0 Å². The highest BCUT2D eigenvalue weighted by atomic mass is 16.5. The molecule has 2 N–H and O–H groups in total. The van der Waals surface area contributed by atoms with E-state index in [2.05, 4.69) is 19.0 Å². The number of carbonyl (C=O) groups excluding carboxylic acids is 1. The van der Waals surface area contributed by atoms with Gasteiger partial charge < -0.3 is 19.7 Å². The zero-order chi connectivity index (χ0) is 15.6. The van der Waals surface area contributed by atoms with Crippen molar-refractivity contribution in [3.63, 3.8) is 0 Å². The molecule has 0 saturated heterocycles. The third kappa shape index (κ3) is 2.69. The Hall–Kier alpha value is -2.50. The largest absolute Gasteiger partial charge is 0.496 e. The van der Waals surface area contributed by atoms with E-state index in [4.69, 9.17) is 19.7 Å². The summed E-state index contributed by atoms with van der Waals surface area (Å²) in [6.45, 7) is 4.10. The number of methoxy groups -OCH3 is 2. The number of amides is 1. The molecule has 1 amide bonds. The highest BCUT2D eigenvalue weighted by Gasteiger charge is 2.21. The highest BCUT2D eigenvalue weighted by Crippen LogP contribution is 2.39. The molecule has 21 heavy (non-hydrogen) atoms. The number of hydrogen-bond donors (Lipinski definition) is 1. The molecular formula is C15H18N2O4. The molecule has 0 aliphatic heterocycles. The maximum atomic E-state index is 11.4. The molecule has 1 heterocycles. The summed E-state index contributed by atoms with van der Waals surface area (Å²) in [5.74, 6) is 0.869. The molecule has 0 saturated carbocycles. The molecule has 0 aliphatic rings. The van der Waals surface area contributed by atoms with Gasteiger partial charge in [0.2, 0.25) is 0 Å². The lowest BCUT2D eigenvalue weighted by Crippen LogP contribution is -2.12. The van der Waals surface area contributed by atoms with Crippen LogP contribution in [0.2, 0.25) is 0 Å². The molecule has 0 atom stereocenters. The second-order valence-corrected chi connectivity index (χ2v) is 4.89. The van der Waals surface area contributed by atoms with Crippen LogP contribution >= 0.6 is 0 Å². The number of rotatable bonds is 5. The van der Waals surface area contributed by atoms with E-state index in [0.29, 0.717) is 16.9 Å². The Bertz CT molecular complexity index is 662. The van der Waals surface area contributed by atoms with E-state index in [1.807, 2.05) is 6.07 Å². The van der Waals surface area contributed by atoms with E-state index in [0.717, 1.165) is 11.3 Å². The Kier molecular flexibility index (Phi) is 4.16. The Morgan fingerprint density at radius 2 is 1.86 bits per heavy atom. The van der Waals surface area contributed by atoms with Crippen molar-refractivity contribution < 1.29 is 18.8 Å². The van der Waals surface area contributed by atoms with Gasteiger partial charge in [0.1, 0.15) is 17.8 Å². The monoisotopic (exact) mass is 290 g/mol. The molecule has 1 aromatic carbocycles. The molecule has 1 aromatic heterocycles. The van der Waals surface area contributed by atoms with E-state index in [9.17, 15) is 4.79 Å². The van der Waals surface area contributed by atoms with Crippen molar-refractivity contribution >= 4 is 5.91 Å². The molecule has 0 radical (unpaired) electrons.